The van der Waals surface area contributed by atoms with Gasteiger partial charge >= 0.3 is 0 Å². The van der Waals surface area contributed by atoms with Crippen LogP contribution >= 0.6 is 0 Å². The van der Waals surface area contributed by atoms with Gasteiger partial charge in [-0.3, -0.25) is 10.2 Å². The van der Waals surface area contributed by atoms with Crippen molar-refractivity contribution in [3.05, 3.63) is 29.8 Å². The largest absolute Gasteiger partial charge is 0.373 e. The summed E-state index contributed by atoms with van der Waals surface area (Å²) < 4.78 is 0. The minimum Gasteiger partial charge on any atom is -0.373 e. The SMILES string of the molecule is CCC(Nc1ccccc1C)C(=O)NN. The first-order valence-corrected chi connectivity index (χ1v) is 5.01. The maximum atomic E-state index is 11.4. The summed E-state index contributed by atoms with van der Waals surface area (Å²) in [6, 6.07) is 7.56. The van der Waals surface area contributed by atoms with Crippen LogP contribution in [0.2, 0.25) is 0 Å². The van der Waals surface area contributed by atoms with E-state index in [1.807, 2.05) is 38.1 Å². The van der Waals surface area contributed by atoms with Crippen molar-refractivity contribution >= 4 is 11.6 Å². The van der Waals surface area contributed by atoms with Crippen LogP contribution in [0, 0.1) is 6.92 Å². The van der Waals surface area contributed by atoms with Crippen LogP contribution in [-0.4, -0.2) is 11.9 Å². The Kier molecular flexibility index (Phi) is 4.12. The minimum absolute atomic E-state index is 0.194. The second-order valence-electron chi connectivity index (χ2n) is 3.43. The number of carbonyl (C=O) groups excluding carboxylic acids is 1. The number of hydrogen-bond acceptors (Lipinski definition) is 3. The van der Waals surface area contributed by atoms with E-state index < -0.39 is 0 Å². The molecule has 0 fully saturated rings. The van der Waals surface area contributed by atoms with E-state index in [0.717, 1.165) is 11.3 Å². The van der Waals surface area contributed by atoms with Crippen molar-refractivity contribution in [3.63, 3.8) is 0 Å². The first-order valence-electron chi connectivity index (χ1n) is 5.01. The Hall–Kier alpha value is -1.55. The van der Waals surface area contributed by atoms with Crippen LogP contribution in [0.15, 0.2) is 24.3 Å². The number of benzene rings is 1. The molecule has 0 aliphatic carbocycles. The Morgan fingerprint density at radius 1 is 1.47 bits per heavy atom. The number of rotatable bonds is 4. The number of hydrogen-bond donors (Lipinski definition) is 3. The molecule has 4 nitrogen and oxygen atoms in total. The lowest BCUT2D eigenvalue weighted by molar-refractivity contribution is -0.121. The molecule has 0 saturated carbocycles. The fourth-order valence-electron chi connectivity index (χ4n) is 1.38. The summed E-state index contributed by atoms with van der Waals surface area (Å²) >= 11 is 0. The molecule has 4 N–H and O–H groups in total. The van der Waals surface area contributed by atoms with Gasteiger partial charge in [-0.25, -0.2) is 5.84 Å². The Morgan fingerprint density at radius 2 is 2.13 bits per heavy atom. The summed E-state index contributed by atoms with van der Waals surface area (Å²) in [4.78, 5) is 11.4. The average molecular weight is 207 g/mol. The number of para-hydroxylation sites is 1. The van der Waals surface area contributed by atoms with Crippen LogP contribution in [0.5, 0.6) is 0 Å². The van der Waals surface area contributed by atoms with Gasteiger partial charge in [0, 0.05) is 5.69 Å². The quantitative estimate of drug-likeness (QED) is 0.394. The van der Waals surface area contributed by atoms with E-state index in [1.165, 1.54) is 0 Å². The van der Waals surface area contributed by atoms with Crippen LogP contribution < -0.4 is 16.6 Å². The smallest absolute Gasteiger partial charge is 0.256 e. The summed E-state index contributed by atoms with van der Waals surface area (Å²) in [5.41, 5.74) is 4.23. The van der Waals surface area contributed by atoms with Gasteiger partial charge in [-0.2, -0.15) is 0 Å². The Labute approximate surface area is 89.8 Å². The molecule has 0 bridgehead atoms. The van der Waals surface area contributed by atoms with Crippen molar-refractivity contribution in [3.8, 4) is 0 Å². The van der Waals surface area contributed by atoms with Crippen molar-refractivity contribution in [2.45, 2.75) is 26.3 Å². The van der Waals surface area contributed by atoms with E-state index in [4.69, 9.17) is 5.84 Å². The molecular formula is C11H17N3O. The van der Waals surface area contributed by atoms with Crippen molar-refractivity contribution in [2.24, 2.45) is 5.84 Å². The van der Waals surface area contributed by atoms with Crippen LogP contribution in [0.1, 0.15) is 18.9 Å². The molecule has 0 aliphatic rings. The van der Waals surface area contributed by atoms with Gasteiger partial charge < -0.3 is 5.32 Å². The Balaban J connectivity index is 2.75. The van der Waals surface area contributed by atoms with E-state index in [1.54, 1.807) is 0 Å². The number of carbonyl (C=O) groups is 1. The van der Waals surface area contributed by atoms with Gasteiger partial charge in [-0.05, 0) is 25.0 Å². The number of anilines is 1. The number of nitrogens with one attached hydrogen (secondary N) is 2. The first-order chi connectivity index (χ1) is 7.19. The third kappa shape index (κ3) is 2.95. The second kappa shape index (κ2) is 5.36. The molecule has 4 heteroatoms. The zero-order valence-corrected chi connectivity index (χ0v) is 9.08. The molecule has 1 rings (SSSR count). The normalized spacial score (nSPS) is 11.9. The zero-order chi connectivity index (χ0) is 11.3. The molecule has 1 aromatic carbocycles. The van der Waals surface area contributed by atoms with E-state index in [-0.39, 0.29) is 11.9 Å². The third-order valence-corrected chi connectivity index (χ3v) is 2.34. The van der Waals surface area contributed by atoms with Crippen molar-refractivity contribution in [2.75, 3.05) is 5.32 Å². The highest BCUT2D eigenvalue weighted by Gasteiger charge is 2.14. The molecule has 0 radical (unpaired) electrons. The number of aryl methyl sites for hydroxylation is 1. The summed E-state index contributed by atoms with van der Waals surface area (Å²) in [7, 11) is 0. The Morgan fingerprint density at radius 3 is 2.67 bits per heavy atom. The first kappa shape index (κ1) is 11.5. The fourth-order valence-corrected chi connectivity index (χ4v) is 1.38. The van der Waals surface area contributed by atoms with Gasteiger partial charge in [-0.15, -0.1) is 0 Å². The monoisotopic (exact) mass is 207 g/mol. The average Bonchev–Trinajstić information content (AvgIpc) is 2.27. The molecule has 82 valence electrons. The number of amides is 1. The zero-order valence-electron chi connectivity index (χ0n) is 9.08. The Bertz CT molecular complexity index is 338. The standard InChI is InChI=1S/C11H17N3O/c1-3-9(11(15)14-12)13-10-7-5-4-6-8(10)2/h4-7,9,13H,3,12H2,1-2H3,(H,14,15). The van der Waals surface area contributed by atoms with Crippen LogP contribution in [0.4, 0.5) is 5.69 Å². The maximum absolute atomic E-state index is 11.4. The molecule has 1 amide bonds. The highest BCUT2D eigenvalue weighted by atomic mass is 16.2. The molecule has 0 heterocycles. The highest BCUT2D eigenvalue weighted by Crippen LogP contribution is 2.15. The van der Waals surface area contributed by atoms with Crippen LogP contribution in [0.3, 0.4) is 0 Å². The maximum Gasteiger partial charge on any atom is 0.256 e. The lowest BCUT2D eigenvalue weighted by atomic mass is 10.1. The van der Waals surface area contributed by atoms with Gasteiger partial charge in [-0.1, -0.05) is 25.1 Å². The molecule has 0 spiro atoms. The van der Waals surface area contributed by atoms with Gasteiger partial charge in [0.1, 0.15) is 6.04 Å². The molecule has 0 aromatic heterocycles. The molecule has 0 aliphatic heterocycles. The summed E-state index contributed by atoms with van der Waals surface area (Å²) in [6.45, 7) is 3.93. The molecule has 1 unspecified atom stereocenters. The summed E-state index contributed by atoms with van der Waals surface area (Å²) in [5, 5.41) is 3.16. The predicted molar refractivity (Wildman–Crippen MR) is 61.2 cm³/mol. The third-order valence-electron chi connectivity index (χ3n) is 2.34. The number of hydrazine groups is 1. The highest BCUT2D eigenvalue weighted by molar-refractivity contribution is 5.84. The van der Waals surface area contributed by atoms with E-state index >= 15 is 0 Å². The van der Waals surface area contributed by atoms with Crippen molar-refractivity contribution in [1.82, 2.24) is 5.43 Å². The summed E-state index contributed by atoms with van der Waals surface area (Å²) in [5.74, 6) is 4.91. The van der Waals surface area contributed by atoms with Crippen LogP contribution in [0.25, 0.3) is 0 Å². The van der Waals surface area contributed by atoms with Crippen molar-refractivity contribution in [1.29, 1.82) is 0 Å². The number of nitrogens with two attached hydrogens (primary N) is 1. The van der Waals surface area contributed by atoms with E-state index in [0.29, 0.717) is 6.42 Å². The van der Waals surface area contributed by atoms with E-state index in [9.17, 15) is 4.79 Å². The molecule has 0 saturated heterocycles. The van der Waals surface area contributed by atoms with Gasteiger partial charge in [0.15, 0.2) is 0 Å². The fraction of sp³-hybridized carbons (Fsp3) is 0.364. The van der Waals surface area contributed by atoms with Crippen LogP contribution in [-0.2, 0) is 4.79 Å². The van der Waals surface area contributed by atoms with Gasteiger partial charge in [0.2, 0.25) is 0 Å². The molecular weight excluding hydrogens is 190 g/mol. The predicted octanol–water partition coefficient (Wildman–Crippen LogP) is 1.18. The molecule has 15 heavy (non-hydrogen) atoms. The van der Waals surface area contributed by atoms with E-state index in [2.05, 4.69) is 10.7 Å². The van der Waals surface area contributed by atoms with Gasteiger partial charge in [0.25, 0.3) is 5.91 Å². The summed E-state index contributed by atoms with van der Waals surface area (Å²) in [6.07, 6.45) is 0.692. The second-order valence-corrected chi connectivity index (χ2v) is 3.43. The molecule has 1 aromatic rings. The topological polar surface area (TPSA) is 67.2 Å². The minimum atomic E-state index is -0.281. The van der Waals surface area contributed by atoms with Gasteiger partial charge in [0.05, 0.1) is 0 Å². The van der Waals surface area contributed by atoms with Crippen molar-refractivity contribution < 1.29 is 4.79 Å². The lowest BCUT2D eigenvalue weighted by Crippen LogP contribution is -2.42. The lowest BCUT2D eigenvalue weighted by Gasteiger charge is -2.17. The molecule has 1 atom stereocenters.